The molecule has 0 aliphatic carbocycles. The van der Waals surface area contributed by atoms with E-state index in [2.05, 4.69) is 24.1 Å². The molecule has 1 aromatic rings. The van der Waals surface area contributed by atoms with Crippen LogP contribution in [0.25, 0.3) is 0 Å². The molecule has 1 atom stereocenters. The third kappa shape index (κ3) is 3.69. The van der Waals surface area contributed by atoms with E-state index in [1.165, 1.54) is 12.1 Å². The fraction of sp³-hybridized carbons (Fsp3) is 0.600. The van der Waals surface area contributed by atoms with Gasteiger partial charge in [0.05, 0.1) is 15.5 Å². The second-order valence-corrected chi connectivity index (χ2v) is 6.42. The second kappa shape index (κ2) is 7.26. The quantitative estimate of drug-likeness (QED) is 0.642. The van der Waals surface area contributed by atoms with Gasteiger partial charge in [-0.25, -0.2) is 0 Å². The first-order valence-corrected chi connectivity index (χ1v) is 7.90. The maximum atomic E-state index is 11.4. The first-order valence-electron chi connectivity index (χ1n) is 7.52. The fourth-order valence-corrected chi connectivity index (χ4v) is 3.11. The number of hydrogen-bond donors (Lipinski definition) is 2. The van der Waals surface area contributed by atoms with Crippen LogP contribution in [0.1, 0.15) is 31.9 Å². The molecule has 2 N–H and O–H groups in total. The van der Waals surface area contributed by atoms with E-state index in [0.29, 0.717) is 11.5 Å². The number of phenols is 1. The summed E-state index contributed by atoms with van der Waals surface area (Å²) in [7, 11) is 0. The number of hydrogen-bond acceptors (Lipinski definition) is 5. The topological polar surface area (TPSA) is 78.6 Å². The molecule has 1 aliphatic heterocycles. The van der Waals surface area contributed by atoms with Crippen molar-refractivity contribution in [1.29, 1.82) is 0 Å². The summed E-state index contributed by atoms with van der Waals surface area (Å²) in [5, 5.41) is 25.2. The van der Waals surface area contributed by atoms with Gasteiger partial charge in [0.2, 0.25) is 0 Å². The number of aromatic hydroxyl groups is 1. The number of phenolic OH excluding ortho intramolecular Hbond substituents is 1. The molecule has 0 bridgehead atoms. The van der Waals surface area contributed by atoms with Gasteiger partial charge in [-0.05, 0) is 18.4 Å². The zero-order valence-corrected chi connectivity index (χ0v) is 13.6. The minimum atomic E-state index is -0.444. The van der Waals surface area contributed by atoms with Gasteiger partial charge in [-0.2, -0.15) is 0 Å². The number of benzene rings is 1. The van der Waals surface area contributed by atoms with E-state index >= 15 is 0 Å². The largest absolute Gasteiger partial charge is 0.506 e. The van der Waals surface area contributed by atoms with E-state index < -0.39 is 4.92 Å². The van der Waals surface area contributed by atoms with Gasteiger partial charge in [-0.15, -0.1) is 0 Å². The number of halogens is 1. The highest BCUT2D eigenvalue weighted by Crippen LogP contribution is 2.43. The minimum Gasteiger partial charge on any atom is -0.506 e. The van der Waals surface area contributed by atoms with E-state index in [4.69, 9.17) is 11.6 Å². The summed E-state index contributed by atoms with van der Waals surface area (Å²) in [4.78, 5) is 13.1. The maximum absolute atomic E-state index is 11.4. The zero-order valence-electron chi connectivity index (χ0n) is 12.9. The van der Waals surface area contributed by atoms with E-state index in [-0.39, 0.29) is 22.5 Å². The Morgan fingerprint density at radius 2 is 2.05 bits per heavy atom. The standard InChI is InChI=1S/C15H22ClN3O3/c1-10(2)9-13(18-7-5-17-6-8-18)14-12(19(21)22)4-3-11(16)15(14)20/h3-4,10,13,17,20H,5-9H2,1-2H3/t13-/m0/s1. The number of nitrogens with zero attached hydrogens (tertiary/aromatic N) is 2. The van der Waals surface area contributed by atoms with E-state index in [1.54, 1.807) is 0 Å². The molecule has 1 aliphatic rings. The predicted molar refractivity (Wildman–Crippen MR) is 86.4 cm³/mol. The van der Waals surface area contributed by atoms with Gasteiger partial charge in [-0.1, -0.05) is 25.4 Å². The number of nitrogens with one attached hydrogen (secondary N) is 1. The average molecular weight is 328 g/mol. The van der Waals surface area contributed by atoms with Crippen LogP contribution in [0.2, 0.25) is 5.02 Å². The normalized spacial score (nSPS) is 17.6. The van der Waals surface area contributed by atoms with Crippen molar-refractivity contribution in [3.05, 3.63) is 32.8 Å². The van der Waals surface area contributed by atoms with Crippen LogP contribution < -0.4 is 5.32 Å². The van der Waals surface area contributed by atoms with E-state index in [0.717, 1.165) is 32.6 Å². The molecule has 0 amide bonds. The molecule has 0 radical (unpaired) electrons. The first-order chi connectivity index (χ1) is 10.4. The molecule has 2 rings (SSSR count). The minimum absolute atomic E-state index is 0.0638. The Hall–Kier alpha value is -1.37. The van der Waals surface area contributed by atoms with Gasteiger partial charge in [-0.3, -0.25) is 15.0 Å². The summed E-state index contributed by atoms with van der Waals surface area (Å²) >= 11 is 6.01. The van der Waals surface area contributed by atoms with Crippen LogP contribution in [0.15, 0.2) is 12.1 Å². The lowest BCUT2D eigenvalue weighted by atomic mass is 9.93. The smallest absolute Gasteiger partial charge is 0.278 e. The van der Waals surface area contributed by atoms with Crippen LogP contribution >= 0.6 is 11.6 Å². The van der Waals surface area contributed by atoms with Gasteiger partial charge in [0, 0.05) is 38.3 Å². The second-order valence-electron chi connectivity index (χ2n) is 6.02. The molecule has 122 valence electrons. The SMILES string of the molecule is CC(C)C[C@@H](c1c([N+](=O)[O-])ccc(Cl)c1O)N1CCNCC1. The Morgan fingerprint density at radius 3 is 2.59 bits per heavy atom. The molecule has 6 nitrogen and oxygen atoms in total. The predicted octanol–water partition coefficient (Wildman–Crippen LogP) is 2.95. The monoisotopic (exact) mass is 327 g/mol. The van der Waals surface area contributed by atoms with Gasteiger partial charge in [0.15, 0.2) is 0 Å². The molecule has 1 fully saturated rings. The van der Waals surface area contributed by atoms with Crippen molar-refractivity contribution < 1.29 is 10.0 Å². The summed E-state index contributed by atoms with van der Waals surface area (Å²) in [5.41, 5.74) is 0.277. The summed E-state index contributed by atoms with van der Waals surface area (Å²) in [5.74, 6) is 0.179. The Labute approximate surface area is 135 Å². The van der Waals surface area contributed by atoms with Crippen molar-refractivity contribution in [2.45, 2.75) is 26.3 Å². The summed E-state index contributed by atoms with van der Waals surface area (Å²) in [6.07, 6.45) is 0.731. The van der Waals surface area contributed by atoms with Crippen LogP contribution in [0, 0.1) is 16.0 Å². The van der Waals surface area contributed by atoms with Crippen molar-refractivity contribution in [2.75, 3.05) is 26.2 Å². The summed E-state index contributed by atoms with van der Waals surface area (Å²) in [6, 6.07) is 2.55. The van der Waals surface area contributed by atoms with Crippen molar-refractivity contribution in [2.24, 2.45) is 5.92 Å². The van der Waals surface area contributed by atoms with Crippen LogP contribution in [0.4, 0.5) is 5.69 Å². The molecule has 1 heterocycles. The summed E-state index contributed by atoms with van der Waals surface area (Å²) in [6.45, 7) is 7.40. The molecule has 0 unspecified atom stereocenters. The Morgan fingerprint density at radius 1 is 1.41 bits per heavy atom. The number of nitro groups is 1. The maximum Gasteiger partial charge on any atom is 0.278 e. The van der Waals surface area contributed by atoms with E-state index in [1.807, 2.05) is 0 Å². The lowest BCUT2D eigenvalue weighted by Gasteiger charge is -2.36. The lowest BCUT2D eigenvalue weighted by Crippen LogP contribution is -2.45. The highest BCUT2D eigenvalue weighted by atomic mass is 35.5. The molecule has 1 saturated heterocycles. The van der Waals surface area contributed by atoms with Crippen LogP contribution in [-0.2, 0) is 0 Å². The van der Waals surface area contributed by atoms with Crippen LogP contribution in [-0.4, -0.2) is 41.1 Å². The van der Waals surface area contributed by atoms with Gasteiger partial charge in [0.1, 0.15) is 5.75 Å². The number of piperazine rings is 1. The lowest BCUT2D eigenvalue weighted by molar-refractivity contribution is -0.386. The Balaban J connectivity index is 2.49. The molecule has 0 saturated carbocycles. The number of rotatable bonds is 5. The van der Waals surface area contributed by atoms with Crippen molar-refractivity contribution in [3.8, 4) is 5.75 Å². The molecule has 7 heteroatoms. The fourth-order valence-electron chi connectivity index (χ4n) is 2.95. The Kier molecular flexibility index (Phi) is 5.61. The Bertz CT molecular complexity index is 545. The molecule has 0 spiro atoms. The van der Waals surface area contributed by atoms with Crippen molar-refractivity contribution in [3.63, 3.8) is 0 Å². The third-order valence-electron chi connectivity index (χ3n) is 3.96. The number of nitro benzene ring substituents is 1. The highest BCUT2D eigenvalue weighted by Gasteiger charge is 2.32. The van der Waals surface area contributed by atoms with Gasteiger partial charge >= 0.3 is 0 Å². The average Bonchev–Trinajstić information content (AvgIpc) is 2.48. The summed E-state index contributed by atoms with van der Waals surface area (Å²) < 4.78 is 0. The van der Waals surface area contributed by atoms with Gasteiger partial charge in [0.25, 0.3) is 5.69 Å². The molecule has 22 heavy (non-hydrogen) atoms. The molecular formula is C15H22ClN3O3. The van der Waals surface area contributed by atoms with Crippen LogP contribution in [0.3, 0.4) is 0 Å². The van der Waals surface area contributed by atoms with Crippen molar-refractivity contribution in [1.82, 2.24) is 10.2 Å². The van der Waals surface area contributed by atoms with Gasteiger partial charge < -0.3 is 10.4 Å². The first kappa shape index (κ1) is 17.0. The van der Waals surface area contributed by atoms with Crippen molar-refractivity contribution >= 4 is 17.3 Å². The van der Waals surface area contributed by atoms with Crippen LogP contribution in [0.5, 0.6) is 5.75 Å². The molecule has 1 aromatic carbocycles. The molecule has 0 aromatic heterocycles. The highest BCUT2D eigenvalue weighted by molar-refractivity contribution is 6.32. The third-order valence-corrected chi connectivity index (χ3v) is 4.27. The zero-order chi connectivity index (χ0) is 16.3. The van der Waals surface area contributed by atoms with E-state index in [9.17, 15) is 15.2 Å². The molecular weight excluding hydrogens is 306 g/mol.